The molecule has 2 heterocycles. The van der Waals surface area contributed by atoms with Gasteiger partial charge in [0, 0.05) is 18.5 Å². The highest BCUT2D eigenvalue weighted by atomic mass is 15.3. The first-order valence-corrected chi connectivity index (χ1v) is 7.17. The van der Waals surface area contributed by atoms with E-state index in [0.717, 1.165) is 22.4 Å². The molecule has 4 nitrogen and oxygen atoms in total. The molecule has 3 rings (SSSR count). The third-order valence-electron chi connectivity index (χ3n) is 3.82. The molecule has 0 aliphatic rings. The van der Waals surface area contributed by atoms with E-state index in [1.807, 2.05) is 24.9 Å². The maximum atomic E-state index is 4.50. The number of rotatable bonds is 3. The molecule has 1 aromatic carbocycles. The number of hydrogen-bond donors (Lipinski definition) is 1. The fraction of sp³-hybridized carbons (Fsp3) is 0.294. The Balaban J connectivity index is 1.87. The van der Waals surface area contributed by atoms with Crippen LogP contribution in [0.4, 0.5) is 5.69 Å². The fourth-order valence-electron chi connectivity index (χ4n) is 2.58. The zero-order valence-corrected chi connectivity index (χ0v) is 12.9. The third-order valence-corrected chi connectivity index (χ3v) is 3.82. The van der Waals surface area contributed by atoms with Gasteiger partial charge in [0.2, 0.25) is 0 Å². The Kier molecular flexibility index (Phi) is 3.37. The molecule has 1 unspecified atom stereocenters. The van der Waals surface area contributed by atoms with Crippen molar-refractivity contribution in [3.8, 4) is 0 Å². The van der Waals surface area contributed by atoms with Crippen molar-refractivity contribution in [2.75, 3.05) is 5.32 Å². The van der Waals surface area contributed by atoms with E-state index >= 15 is 0 Å². The number of hydrogen-bond acceptors (Lipinski definition) is 3. The number of nitrogens with one attached hydrogen (secondary N) is 1. The number of aryl methyl sites for hydroxylation is 3. The van der Waals surface area contributed by atoms with E-state index in [9.17, 15) is 0 Å². The van der Waals surface area contributed by atoms with E-state index < -0.39 is 0 Å². The minimum Gasteiger partial charge on any atom is -0.377 e. The highest BCUT2D eigenvalue weighted by Crippen LogP contribution is 2.23. The van der Waals surface area contributed by atoms with E-state index in [0.29, 0.717) is 0 Å². The molecule has 2 aromatic heterocycles. The predicted octanol–water partition coefficient (Wildman–Crippen LogP) is 3.76. The summed E-state index contributed by atoms with van der Waals surface area (Å²) in [5.41, 5.74) is 5.49. The molecule has 3 aromatic rings. The molecule has 108 valence electrons. The lowest BCUT2D eigenvalue weighted by atomic mass is 10.1. The van der Waals surface area contributed by atoms with Gasteiger partial charge in [-0.2, -0.15) is 5.10 Å². The van der Waals surface area contributed by atoms with Gasteiger partial charge in [-0.05, 0) is 32.4 Å². The third kappa shape index (κ3) is 2.61. The summed E-state index contributed by atoms with van der Waals surface area (Å²) in [6, 6.07) is 11.0. The molecule has 0 radical (unpaired) electrons. The van der Waals surface area contributed by atoms with E-state index in [1.54, 1.807) is 0 Å². The maximum absolute atomic E-state index is 4.50. The molecule has 1 N–H and O–H groups in total. The van der Waals surface area contributed by atoms with Crippen molar-refractivity contribution in [1.29, 1.82) is 0 Å². The molecule has 0 saturated carbocycles. The number of benzene rings is 1. The SMILES string of the molecule is Cc1ccc(C(C)Nc2cnc3c(c2)c(C)nn3C)cc1. The molecule has 0 spiro atoms. The summed E-state index contributed by atoms with van der Waals surface area (Å²) in [6.07, 6.45) is 1.87. The first-order valence-electron chi connectivity index (χ1n) is 7.17. The summed E-state index contributed by atoms with van der Waals surface area (Å²) in [5, 5.41) is 9.01. The van der Waals surface area contributed by atoms with E-state index in [-0.39, 0.29) is 6.04 Å². The van der Waals surface area contributed by atoms with Crippen molar-refractivity contribution in [2.45, 2.75) is 26.8 Å². The topological polar surface area (TPSA) is 42.7 Å². The lowest BCUT2D eigenvalue weighted by Crippen LogP contribution is -2.06. The molecule has 21 heavy (non-hydrogen) atoms. The van der Waals surface area contributed by atoms with Crippen LogP contribution in [0.5, 0.6) is 0 Å². The van der Waals surface area contributed by atoms with Crippen molar-refractivity contribution in [3.05, 3.63) is 53.3 Å². The van der Waals surface area contributed by atoms with Gasteiger partial charge in [-0.1, -0.05) is 29.8 Å². The van der Waals surface area contributed by atoms with Crippen molar-refractivity contribution >= 4 is 16.7 Å². The highest BCUT2D eigenvalue weighted by molar-refractivity contribution is 5.81. The van der Waals surface area contributed by atoms with Crippen LogP contribution in [0.3, 0.4) is 0 Å². The number of nitrogens with zero attached hydrogens (tertiary/aromatic N) is 3. The van der Waals surface area contributed by atoms with Crippen molar-refractivity contribution in [3.63, 3.8) is 0 Å². The summed E-state index contributed by atoms with van der Waals surface area (Å²) in [4.78, 5) is 4.50. The minimum absolute atomic E-state index is 0.238. The van der Waals surface area contributed by atoms with Crippen LogP contribution >= 0.6 is 0 Å². The fourth-order valence-corrected chi connectivity index (χ4v) is 2.58. The Labute approximate surface area is 124 Å². The largest absolute Gasteiger partial charge is 0.377 e. The summed E-state index contributed by atoms with van der Waals surface area (Å²) in [5.74, 6) is 0. The van der Waals surface area contributed by atoms with Gasteiger partial charge >= 0.3 is 0 Å². The van der Waals surface area contributed by atoms with Gasteiger partial charge < -0.3 is 5.32 Å². The van der Waals surface area contributed by atoms with Crippen LogP contribution in [0.1, 0.15) is 29.8 Å². The monoisotopic (exact) mass is 280 g/mol. The molecule has 0 aliphatic carbocycles. The van der Waals surface area contributed by atoms with Crippen LogP contribution < -0.4 is 5.32 Å². The van der Waals surface area contributed by atoms with Crippen molar-refractivity contribution in [1.82, 2.24) is 14.8 Å². The average molecular weight is 280 g/mol. The number of fused-ring (bicyclic) bond motifs is 1. The van der Waals surface area contributed by atoms with Gasteiger partial charge in [0.25, 0.3) is 0 Å². The van der Waals surface area contributed by atoms with Crippen LogP contribution in [0.15, 0.2) is 36.5 Å². The Bertz CT molecular complexity index is 771. The lowest BCUT2D eigenvalue weighted by Gasteiger charge is -2.15. The Morgan fingerprint density at radius 3 is 2.57 bits per heavy atom. The predicted molar refractivity (Wildman–Crippen MR) is 86.5 cm³/mol. The molecule has 0 amide bonds. The summed E-state index contributed by atoms with van der Waals surface area (Å²) in [6.45, 7) is 6.27. The second-order valence-corrected chi connectivity index (χ2v) is 5.58. The van der Waals surface area contributed by atoms with Gasteiger partial charge in [0.1, 0.15) is 0 Å². The van der Waals surface area contributed by atoms with Gasteiger partial charge in [0.15, 0.2) is 5.65 Å². The molecule has 1 atom stereocenters. The van der Waals surface area contributed by atoms with Crippen LogP contribution in [0.25, 0.3) is 11.0 Å². The normalized spacial score (nSPS) is 12.6. The van der Waals surface area contributed by atoms with Crippen LogP contribution in [0, 0.1) is 13.8 Å². The Morgan fingerprint density at radius 1 is 1.14 bits per heavy atom. The quantitative estimate of drug-likeness (QED) is 0.794. The van der Waals surface area contributed by atoms with Crippen LogP contribution in [0.2, 0.25) is 0 Å². The minimum atomic E-state index is 0.238. The number of anilines is 1. The zero-order chi connectivity index (χ0) is 15.0. The smallest absolute Gasteiger partial charge is 0.157 e. The molecule has 0 saturated heterocycles. The number of aromatic nitrogens is 3. The molecular formula is C17H20N4. The standard InChI is InChI=1S/C17H20N4/c1-11-5-7-14(8-6-11)12(2)19-15-9-16-13(3)20-21(4)17(16)18-10-15/h5-10,12,19H,1-4H3. The van der Waals surface area contributed by atoms with E-state index in [2.05, 4.69) is 59.6 Å². The van der Waals surface area contributed by atoms with Crippen molar-refractivity contribution < 1.29 is 0 Å². The van der Waals surface area contributed by atoms with Gasteiger partial charge in [-0.15, -0.1) is 0 Å². The maximum Gasteiger partial charge on any atom is 0.157 e. The summed E-state index contributed by atoms with van der Waals surface area (Å²) < 4.78 is 1.82. The van der Waals surface area contributed by atoms with Gasteiger partial charge in [0.05, 0.1) is 17.6 Å². The summed E-state index contributed by atoms with van der Waals surface area (Å²) >= 11 is 0. The summed E-state index contributed by atoms with van der Waals surface area (Å²) in [7, 11) is 1.92. The average Bonchev–Trinajstić information content (AvgIpc) is 2.74. The molecule has 0 bridgehead atoms. The molecule has 0 aliphatic heterocycles. The first-order chi connectivity index (χ1) is 10.0. The van der Waals surface area contributed by atoms with Gasteiger partial charge in [-0.3, -0.25) is 4.68 Å². The van der Waals surface area contributed by atoms with Crippen LogP contribution in [-0.2, 0) is 7.05 Å². The zero-order valence-electron chi connectivity index (χ0n) is 12.9. The molecule has 0 fully saturated rings. The Morgan fingerprint density at radius 2 is 1.86 bits per heavy atom. The van der Waals surface area contributed by atoms with Gasteiger partial charge in [-0.25, -0.2) is 4.98 Å². The molecule has 4 heteroatoms. The Hall–Kier alpha value is -2.36. The lowest BCUT2D eigenvalue weighted by molar-refractivity contribution is 0.773. The first kappa shape index (κ1) is 13.6. The van der Waals surface area contributed by atoms with E-state index in [4.69, 9.17) is 0 Å². The second kappa shape index (κ2) is 5.20. The van der Waals surface area contributed by atoms with Crippen molar-refractivity contribution in [2.24, 2.45) is 7.05 Å². The second-order valence-electron chi connectivity index (χ2n) is 5.58. The molecular weight excluding hydrogens is 260 g/mol. The van der Waals surface area contributed by atoms with Crippen LogP contribution in [-0.4, -0.2) is 14.8 Å². The highest BCUT2D eigenvalue weighted by Gasteiger charge is 2.09. The number of pyridine rings is 1. The van der Waals surface area contributed by atoms with E-state index in [1.165, 1.54) is 11.1 Å².